The number of hydrogen-bond acceptors (Lipinski definition) is 5. The highest BCUT2D eigenvalue weighted by Crippen LogP contribution is 2.24. The standard InChI is InChI=1S/C21H19N5O3/c22-11-15-3-1-4-16(9-15)21(28)25-13-17-6-7-24-26(17)18(14-25)10-20(27)23-12-19-5-2-8-29-19/h1-9,18H,10,12-14H2,(H,23,27). The lowest BCUT2D eigenvalue weighted by Crippen LogP contribution is -2.42. The molecule has 2 amide bonds. The molecule has 0 fully saturated rings. The molecule has 3 aromatic rings. The monoisotopic (exact) mass is 389 g/mol. The summed E-state index contributed by atoms with van der Waals surface area (Å²) >= 11 is 0. The number of fused-ring (bicyclic) bond motifs is 1. The van der Waals surface area contributed by atoms with Gasteiger partial charge in [-0.05, 0) is 36.4 Å². The normalized spacial score (nSPS) is 15.4. The molecular weight excluding hydrogens is 370 g/mol. The molecule has 0 bridgehead atoms. The molecule has 1 aliphatic heterocycles. The highest BCUT2D eigenvalue weighted by Gasteiger charge is 2.30. The minimum Gasteiger partial charge on any atom is -0.467 e. The average molecular weight is 389 g/mol. The van der Waals surface area contributed by atoms with Crippen molar-refractivity contribution < 1.29 is 14.0 Å². The largest absolute Gasteiger partial charge is 0.467 e. The summed E-state index contributed by atoms with van der Waals surface area (Å²) in [6, 6.07) is 13.8. The maximum atomic E-state index is 13.0. The molecule has 1 aromatic carbocycles. The van der Waals surface area contributed by atoms with Gasteiger partial charge in [-0.2, -0.15) is 10.4 Å². The van der Waals surface area contributed by atoms with Crippen LogP contribution in [0.3, 0.4) is 0 Å². The predicted octanol–water partition coefficient (Wildman–Crippen LogP) is 2.25. The fraction of sp³-hybridized carbons (Fsp3) is 0.238. The predicted molar refractivity (Wildman–Crippen MR) is 102 cm³/mol. The smallest absolute Gasteiger partial charge is 0.254 e. The lowest BCUT2D eigenvalue weighted by atomic mass is 10.1. The Kier molecular flexibility index (Phi) is 5.12. The van der Waals surface area contributed by atoms with Crippen molar-refractivity contribution in [3.8, 4) is 6.07 Å². The fourth-order valence-corrected chi connectivity index (χ4v) is 3.48. The summed E-state index contributed by atoms with van der Waals surface area (Å²) in [5.41, 5.74) is 1.76. The highest BCUT2D eigenvalue weighted by atomic mass is 16.3. The maximum Gasteiger partial charge on any atom is 0.254 e. The molecule has 0 saturated carbocycles. The number of furan rings is 1. The Bertz CT molecular complexity index is 1060. The number of nitrogens with one attached hydrogen (secondary N) is 1. The first-order valence-corrected chi connectivity index (χ1v) is 9.25. The third kappa shape index (κ3) is 4.04. The van der Waals surface area contributed by atoms with E-state index in [-0.39, 0.29) is 24.3 Å². The lowest BCUT2D eigenvalue weighted by Gasteiger charge is -2.33. The van der Waals surface area contributed by atoms with Gasteiger partial charge in [-0.15, -0.1) is 0 Å². The summed E-state index contributed by atoms with van der Waals surface area (Å²) in [6.07, 6.45) is 3.42. The zero-order valence-corrected chi connectivity index (χ0v) is 15.6. The molecule has 1 unspecified atom stereocenters. The van der Waals surface area contributed by atoms with E-state index < -0.39 is 0 Å². The van der Waals surface area contributed by atoms with Gasteiger partial charge in [-0.25, -0.2) is 0 Å². The lowest BCUT2D eigenvalue weighted by molar-refractivity contribution is -0.122. The number of hydrogen-bond donors (Lipinski definition) is 1. The Morgan fingerprint density at radius 1 is 1.28 bits per heavy atom. The van der Waals surface area contributed by atoms with Crippen molar-refractivity contribution in [3.63, 3.8) is 0 Å². The van der Waals surface area contributed by atoms with Crippen LogP contribution in [0.2, 0.25) is 0 Å². The molecule has 0 spiro atoms. The van der Waals surface area contributed by atoms with E-state index in [0.717, 1.165) is 5.69 Å². The van der Waals surface area contributed by atoms with Gasteiger partial charge >= 0.3 is 0 Å². The van der Waals surface area contributed by atoms with Crippen molar-refractivity contribution in [3.05, 3.63) is 77.5 Å². The Balaban J connectivity index is 1.47. The number of carbonyl (C=O) groups is 2. The van der Waals surface area contributed by atoms with Crippen LogP contribution < -0.4 is 5.32 Å². The van der Waals surface area contributed by atoms with Crippen molar-refractivity contribution in [1.82, 2.24) is 20.0 Å². The Morgan fingerprint density at radius 2 is 2.17 bits per heavy atom. The molecule has 0 saturated heterocycles. The highest BCUT2D eigenvalue weighted by molar-refractivity contribution is 5.94. The number of nitriles is 1. The van der Waals surface area contributed by atoms with Crippen molar-refractivity contribution in [2.75, 3.05) is 6.54 Å². The topological polar surface area (TPSA) is 104 Å². The molecule has 146 valence electrons. The third-order valence-corrected chi connectivity index (χ3v) is 4.87. The second kappa shape index (κ2) is 8.02. The summed E-state index contributed by atoms with van der Waals surface area (Å²) in [5, 5.41) is 16.2. The van der Waals surface area contributed by atoms with Crippen LogP contribution in [0.5, 0.6) is 0 Å². The zero-order valence-electron chi connectivity index (χ0n) is 15.6. The first-order valence-electron chi connectivity index (χ1n) is 9.25. The van der Waals surface area contributed by atoms with Crippen LogP contribution in [0.4, 0.5) is 0 Å². The van der Waals surface area contributed by atoms with E-state index in [0.29, 0.717) is 36.5 Å². The van der Waals surface area contributed by atoms with Gasteiger partial charge in [0.2, 0.25) is 5.91 Å². The van der Waals surface area contributed by atoms with E-state index in [1.165, 1.54) is 0 Å². The number of amides is 2. The number of benzene rings is 1. The molecule has 2 aromatic heterocycles. The van der Waals surface area contributed by atoms with Crippen LogP contribution in [0.25, 0.3) is 0 Å². The quantitative estimate of drug-likeness (QED) is 0.721. The molecular formula is C21H19N5O3. The zero-order chi connectivity index (χ0) is 20.2. The summed E-state index contributed by atoms with van der Waals surface area (Å²) in [5.74, 6) is 0.361. The van der Waals surface area contributed by atoms with Gasteiger partial charge in [0.15, 0.2) is 0 Å². The maximum absolute atomic E-state index is 13.0. The SMILES string of the molecule is N#Cc1cccc(C(=O)N2Cc3ccnn3C(CC(=O)NCc3ccco3)C2)c1. The number of carbonyl (C=O) groups excluding carboxylic acids is 2. The van der Waals surface area contributed by atoms with Crippen LogP contribution in [0.15, 0.2) is 59.3 Å². The summed E-state index contributed by atoms with van der Waals surface area (Å²) in [4.78, 5) is 27.1. The molecule has 1 N–H and O–H groups in total. The van der Waals surface area contributed by atoms with Gasteiger partial charge in [-0.1, -0.05) is 6.07 Å². The van der Waals surface area contributed by atoms with E-state index >= 15 is 0 Å². The van der Waals surface area contributed by atoms with E-state index in [1.807, 2.05) is 10.7 Å². The molecule has 3 heterocycles. The van der Waals surface area contributed by atoms with Gasteiger partial charge in [0, 0.05) is 18.3 Å². The molecule has 29 heavy (non-hydrogen) atoms. The van der Waals surface area contributed by atoms with Crippen LogP contribution in [0, 0.1) is 11.3 Å². The Morgan fingerprint density at radius 3 is 2.97 bits per heavy atom. The van der Waals surface area contributed by atoms with Gasteiger partial charge in [0.25, 0.3) is 5.91 Å². The minimum atomic E-state index is -0.270. The van der Waals surface area contributed by atoms with Crippen LogP contribution in [0.1, 0.15) is 39.8 Å². The van der Waals surface area contributed by atoms with Crippen LogP contribution in [-0.2, 0) is 17.9 Å². The molecule has 1 atom stereocenters. The van der Waals surface area contributed by atoms with Crippen molar-refractivity contribution in [1.29, 1.82) is 5.26 Å². The number of nitrogens with zero attached hydrogens (tertiary/aromatic N) is 4. The third-order valence-electron chi connectivity index (χ3n) is 4.87. The number of aromatic nitrogens is 2. The van der Waals surface area contributed by atoms with Crippen molar-refractivity contribution >= 4 is 11.8 Å². The molecule has 1 aliphatic rings. The molecule has 4 rings (SSSR count). The minimum absolute atomic E-state index is 0.145. The first kappa shape index (κ1) is 18.5. The average Bonchev–Trinajstić information content (AvgIpc) is 3.43. The second-order valence-corrected chi connectivity index (χ2v) is 6.86. The van der Waals surface area contributed by atoms with Gasteiger partial charge in [-0.3, -0.25) is 14.3 Å². The first-order chi connectivity index (χ1) is 14.1. The van der Waals surface area contributed by atoms with Crippen molar-refractivity contribution in [2.24, 2.45) is 0 Å². The van der Waals surface area contributed by atoms with Gasteiger partial charge < -0.3 is 14.6 Å². The van der Waals surface area contributed by atoms with E-state index in [1.54, 1.807) is 53.8 Å². The fourth-order valence-electron chi connectivity index (χ4n) is 3.48. The molecule has 8 heteroatoms. The summed E-state index contributed by atoms with van der Waals surface area (Å²) in [6.45, 7) is 1.08. The van der Waals surface area contributed by atoms with Crippen LogP contribution in [-0.4, -0.2) is 33.0 Å². The summed E-state index contributed by atoms with van der Waals surface area (Å²) in [7, 11) is 0. The van der Waals surface area contributed by atoms with E-state index in [9.17, 15) is 9.59 Å². The van der Waals surface area contributed by atoms with Gasteiger partial charge in [0.1, 0.15) is 5.76 Å². The van der Waals surface area contributed by atoms with Crippen molar-refractivity contribution in [2.45, 2.75) is 25.6 Å². The molecule has 0 radical (unpaired) electrons. The van der Waals surface area contributed by atoms with E-state index in [4.69, 9.17) is 9.68 Å². The number of rotatable bonds is 5. The second-order valence-electron chi connectivity index (χ2n) is 6.86. The summed E-state index contributed by atoms with van der Waals surface area (Å²) < 4.78 is 7.03. The Labute approximate surface area is 167 Å². The Hall–Kier alpha value is -3.86. The van der Waals surface area contributed by atoms with E-state index in [2.05, 4.69) is 16.5 Å². The molecule has 0 aliphatic carbocycles. The van der Waals surface area contributed by atoms with Gasteiger partial charge in [0.05, 0.1) is 49.1 Å². The van der Waals surface area contributed by atoms with Crippen LogP contribution >= 0.6 is 0 Å². The molecule has 8 nitrogen and oxygen atoms in total.